The van der Waals surface area contributed by atoms with Crippen LogP contribution in [-0.2, 0) is 10.0 Å². The Balaban J connectivity index is 1.46. The smallest absolute Gasteiger partial charge is 0.252 e. The lowest BCUT2D eigenvalue weighted by molar-refractivity contribution is 0.0939. The number of fused-ring (bicyclic) bond motifs is 1. The van der Waals surface area contributed by atoms with Crippen LogP contribution in [0.5, 0.6) is 0 Å². The van der Waals surface area contributed by atoms with Crippen molar-refractivity contribution in [3.05, 3.63) is 77.4 Å². The van der Waals surface area contributed by atoms with Gasteiger partial charge in [-0.3, -0.25) is 4.79 Å². The van der Waals surface area contributed by atoms with E-state index in [1.165, 1.54) is 10.6 Å². The fourth-order valence-corrected chi connectivity index (χ4v) is 5.38. The number of benzene rings is 3. The molecule has 174 valence electrons. The number of hydrogen-bond acceptors (Lipinski definition) is 4. The molecule has 0 unspecified atom stereocenters. The predicted octanol–water partition coefficient (Wildman–Crippen LogP) is 4.48. The summed E-state index contributed by atoms with van der Waals surface area (Å²) in [6.45, 7) is 4.97. The minimum atomic E-state index is -3.14. The Kier molecular flexibility index (Phi) is 6.72. The zero-order valence-electron chi connectivity index (χ0n) is 19.3. The van der Waals surface area contributed by atoms with Crippen molar-refractivity contribution in [1.29, 1.82) is 0 Å². The van der Waals surface area contributed by atoms with E-state index < -0.39 is 10.0 Å². The molecule has 6 nitrogen and oxygen atoms in total. The molecule has 7 heteroatoms. The summed E-state index contributed by atoms with van der Waals surface area (Å²) in [4.78, 5) is 13.2. The third kappa shape index (κ3) is 5.37. The van der Waals surface area contributed by atoms with Crippen molar-refractivity contribution < 1.29 is 13.2 Å². The molecular weight excluding hydrogens is 434 g/mol. The van der Waals surface area contributed by atoms with Crippen LogP contribution in [0.2, 0.25) is 0 Å². The number of aryl methyl sites for hydroxylation is 1. The number of piperidine rings is 1. The minimum absolute atomic E-state index is 0.108. The van der Waals surface area contributed by atoms with E-state index in [2.05, 4.69) is 34.9 Å². The fraction of sp³-hybridized carbons (Fsp3) is 0.346. The Morgan fingerprint density at radius 2 is 1.73 bits per heavy atom. The Bertz CT molecular complexity index is 1260. The van der Waals surface area contributed by atoms with Crippen LogP contribution in [0.4, 0.5) is 5.69 Å². The van der Waals surface area contributed by atoms with Crippen LogP contribution in [0.1, 0.15) is 47.3 Å². The standard InChI is InChI=1S/C26H31N3O3S/c1-18-11-12-22(28-21-13-15-29(16-14-21)33(3,31)32)17-25(18)26(30)27-19(2)23-10-6-8-20-7-4-5-9-24(20)23/h4-12,17,19,21,28H,13-16H2,1-3H3,(H,27,30)/t19-/m1/s1. The number of carbonyl (C=O) groups excluding carboxylic acids is 1. The number of hydrogen-bond donors (Lipinski definition) is 2. The summed E-state index contributed by atoms with van der Waals surface area (Å²) >= 11 is 0. The first-order valence-electron chi connectivity index (χ1n) is 11.3. The summed E-state index contributed by atoms with van der Waals surface area (Å²) in [6.07, 6.45) is 2.73. The van der Waals surface area contributed by atoms with Gasteiger partial charge in [-0.15, -0.1) is 0 Å². The third-order valence-corrected chi connectivity index (χ3v) is 7.72. The third-order valence-electron chi connectivity index (χ3n) is 6.41. The van der Waals surface area contributed by atoms with Crippen LogP contribution in [-0.4, -0.2) is 44.0 Å². The average molecular weight is 466 g/mol. The molecule has 3 aromatic carbocycles. The van der Waals surface area contributed by atoms with Crippen molar-refractivity contribution in [3.8, 4) is 0 Å². The molecule has 1 saturated heterocycles. The van der Waals surface area contributed by atoms with E-state index in [4.69, 9.17) is 0 Å². The zero-order valence-corrected chi connectivity index (χ0v) is 20.2. The molecule has 0 saturated carbocycles. The number of nitrogens with zero attached hydrogens (tertiary/aromatic N) is 1. The van der Waals surface area contributed by atoms with E-state index in [0.29, 0.717) is 18.7 Å². The van der Waals surface area contributed by atoms with Gasteiger partial charge in [-0.05, 0) is 60.7 Å². The second-order valence-corrected chi connectivity index (χ2v) is 10.9. The highest BCUT2D eigenvalue weighted by atomic mass is 32.2. The van der Waals surface area contributed by atoms with E-state index in [1.54, 1.807) is 0 Å². The molecule has 1 amide bonds. The highest BCUT2D eigenvalue weighted by molar-refractivity contribution is 7.88. The van der Waals surface area contributed by atoms with Gasteiger partial charge in [0.05, 0.1) is 12.3 Å². The number of amides is 1. The van der Waals surface area contributed by atoms with Gasteiger partial charge < -0.3 is 10.6 Å². The second-order valence-electron chi connectivity index (χ2n) is 8.87. The van der Waals surface area contributed by atoms with E-state index in [1.807, 2.05) is 50.2 Å². The van der Waals surface area contributed by atoms with Crippen molar-refractivity contribution in [3.63, 3.8) is 0 Å². The Morgan fingerprint density at radius 3 is 2.45 bits per heavy atom. The number of carbonyl (C=O) groups is 1. The molecule has 1 heterocycles. The molecular formula is C26H31N3O3S. The highest BCUT2D eigenvalue weighted by Crippen LogP contribution is 2.25. The Hall–Kier alpha value is -2.90. The van der Waals surface area contributed by atoms with Gasteiger partial charge in [0, 0.05) is 30.4 Å². The fourth-order valence-electron chi connectivity index (χ4n) is 4.50. The summed E-state index contributed by atoms with van der Waals surface area (Å²) in [5, 5.41) is 8.93. The van der Waals surface area contributed by atoms with Crippen LogP contribution in [0, 0.1) is 6.92 Å². The van der Waals surface area contributed by atoms with Gasteiger partial charge in [-0.1, -0.05) is 48.5 Å². The number of rotatable bonds is 6. The molecule has 4 rings (SSSR count). The van der Waals surface area contributed by atoms with E-state index in [0.717, 1.165) is 40.4 Å². The van der Waals surface area contributed by atoms with E-state index in [-0.39, 0.29) is 18.0 Å². The maximum absolute atomic E-state index is 13.2. The molecule has 3 aromatic rings. The molecule has 0 aromatic heterocycles. The van der Waals surface area contributed by atoms with Crippen molar-refractivity contribution in [2.75, 3.05) is 24.7 Å². The van der Waals surface area contributed by atoms with Gasteiger partial charge in [-0.25, -0.2) is 12.7 Å². The largest absolute Gasteiger partial charge is 0.382 e. The molecule has 1 aliphatic rings. The quantitative estimate of drug-likeness (QED) is 0.563. The van der Waals surface area contributed by atoms with Crippen molar-refractivity contribution in [1.82, 2.24) is 9.62 Å². The maximum Gasteiger partial charge on any atom is 0.252 e. The lowest BCUT2D eigenvalue weighted by Crippen LogP contribution is -2.41. The number of nitrogens with one attached hydrogen (secondary N) is 2. The highest BCUT2D eigenvalue weighted by Gasteiger charge is 2.25. The van der Waals surface area contributed by atoms with Gasteiger partial charge in [-0.2, -0.15) is 0 Å². The number of anilines is 1. The predicted molar refractivity (Wildman–Crippen MR) is 134 cm³/mol. The van der Waals surface area contributed by atoms with Crippen LogP contribution in [0.3, 0.4) is 0 Å². The van der Waals surface area contributed by atoms with Gasteiger partial charge in [0.2, 0.25) is 10.0 Å². The summed E-state index contributed by atoms with van der Waals surface area (Å²) in [5.74, 6) is -0.108. The first-order valence-corrected chi connectivity index (χ1v) is 13.2. The SMILES string of the molecule is Cc1ccc(NC2CCN(S(C)(=O)=O)CC2)cc1C(=O)N[C@H](C)c1cccc2ccccc12. The lowest BCUT2D eigenvalue weighted by Gasteiger charge is -2.31. The van der Waals surface area contributed by atoms with Gasteiger partial charge >= 0.3 is 0 Å². The maximum atomic E-state index is 13.2. The molecule has 0 bridgehead atoms. The lowest BCUT2D eigenvalue weighted by atomic mass is 9.99. The zero-order chi connectivity index (χ0) is 23.6. The monoisotopic (exact) mass is 465 g/mol. The normalized spacial score (nSPS) is 16.5. The molecule has 2 N–H and O–H groups in total. The molecule has 33 heavy (non-hydrogen) atoms. The Morgan fingerprint density at radius 1 is 1.03 bits per heavy atom. The molecule has 1 fully saturated rings. The van der Waals surface area contributed by atoms with Crippen molar-refractivity contribution in [2.45, 2.75) is 38.8 Å². The number of sulfonamides is 1. The van der Waals surface area contributed by atoms with Crippen LogP contribution in [0.15, 0.2) is 60.7 Å². The summed E-state index contributed by atoms with van der Waals surface area (Å²) in [5.41, 5.74) is 3.52. The van der Waals surface area contributed by atoms with Crippen LogP contribution in [0.25, 0.3) is 10.8 Å². The molecule has 0 aliphatic carbocycles. The van der Waals surface area contributed by atoms with Gasteiger partial charge in [0.1, 0.15) is 0 Å². The molecule has 1 aliphatic heterocycles. The first kappa shape index (κ1) is 23.3. The summed E-state index contributed by atoms with van der Waals surface area (Å²) < 4.78 is 25.0. The van der Waals surface area contributed by atoms with Gasteiger partial charge in [0.25, 0.3) is 5.91 Å². The summed E-state index contributed by atoms with van der Waals surface area (Å²) in [6, 6.07) is 20.2. The minimum Gasteiger partial charge on any atom is -0.382 e. The van der Waals surface area contributed by atoms with Gasteiger partial charge in [0.15, 0.2) is 0 Å². The van der Waals surface area contributed by atoms with Crippen LogP contribution < -0.4 is 10.6 Å². The second kappa shape index (κ2) is 9.53. The average Bonchev–Trinajstić information content (AvgIpc) is 2.79. The van der Waals surface area contributed by atoms with Crippen LogP contribution >= 0.6 is 0 Å². The molecule has 0 spiro atoms. The van der Waals surface area contributed by atoms with E-state index >= 15 is 0 Å². The van der Waals surface area contributed by atoms with Crippen molar-refractivity contribution >= 4 is 32.4 Å². The van der Waals surface area contributed by atoms with Crippen molar-refractivity contribution in [2.24, 2.45) is 0 Å². The molecule has 1 atom stereocenters. The van der Waals surface area contributed by atoms with E-state index in [9.17, 15) is 13.2 Å². The molecule has 0 radical (unpaired) electrons. The topological polar surface area (TPSA) is 78.5 Å². The first-order chi connectivity index (χ1) is 15.7. The summed E-state index contributed by atoms with van der Waals surface area (Å²) in [7, 11) is -3.14. The Labute approximate surface area is 196 Å².